The van der Waals surface area contributed by atoms with Crippen LogP contribution in [0.1, 0.15) is 35.2 Å². The Balaban J connectivity index is 1.54. The topological polar surface area (TPSA) is 58.6 Å². The molecule has 2 amide bonds. The summed E-state index contributed by atoms with van der Waals surface area (Å²) < 4.78 is 18.9. The van der Waals surface area contributed by atoms with E-state index in [4.69, 9.17) is 4.74 Å². The summed E-state index contributed by atoms with van der Waals surface area (Å²) in [5.74, 6) is -0.631. The quantitative estimate of drug-likeness (QED) is 0.902. The number of ether oxygens (including phenoxy) is 1. The van der Waals surface area contributed by atoms with Gasteiger partial charge in [0.2, 0.25) is 0 Å². The summed E-state index contributed by atoms with van der Waals surface area (Å²) in [5.41, 5.74) is 2.65. The number of nitrogens with zero attached hydrogens (tertiary/aromatic N) is 1. The van der Waals surface area contributed by atoms with E-state index in [1.54, 1.807) is 35.2 Å². The fourth-order valence-electron chi connectivity index (χ4n) is 3.67. The lowest BCUT2D eigenvalue weighted by molar-refractivity contribution is -0.124. The lowest BCUT2D eigenvalue weighted by Gasteiger charge is -2.29. The number of halogens is 1. The highest BCUT2D eigenvalue weighted by molar-refractivity contribution is 6.07. The van der Waals surface area contributed by atoms with Crippen molar-refractivity contribution in [2.75, 3.05) is 23.4 Å². The molecule has 0 aromatic heterocycles. The van der Waals surface area contributed by atoms with E-state index in [2.05, 4.69) is 5.32 Å². The normalized spacial score (nSPS) is 18.9. The molecular formula is C21H21FN2O3. The molecule has 1 atom stereocenters. The third kappa shape index (κ3) is 3.71. The second-order valence-electron chi connectivity index (χ2n) is 6.91. The van der Waals surface area contributed by atoms with E-state index in [1.807, 2.05) is 0 Å². The van der Waals surface area contributed by atoms with Gasteiger partial charge in [0.1, 0.15) is 11.9 Å². The Morgan fingerprint density at radius 2 is 2.04 bits per heavy atom. The third-order valence-corrected chi connectivity index (χ3v) is 5.00. The molecule has 1 saturated heterocycles. The molecule has 5 nitrogen and oxygen atoms in total. The second kappa shape index (κ2) is 7.48. The Labute approximate surface area is 157 Å². The van der Waals surface area contributed by atoms with Crippen molar-refractivity contribution in [1.82, 2.24) is 0 Å². The van der Waals surface area contributed by atoms with E-state index in [1.165, 1.54) is 12.1 Å². The van der Waals surface area contributed by atoms with Gasteiger partial charge in [-0.25, -0.2) is 4.39 Å². The van der Waals surface area contributed by atoms with Gasteiger partial charge in [-0.15, -0.1) is 0 Å². The van der Waals surface area contributed by atoms with Crippen molar-refractivity contribution >= 4 is 23.2 Å². The number of hydrogen-bond donors (Lipinski definition) is 1. The third-order valence-electron chi connectivity index (χ3n) is 5.00. The van der Waals surface area contributed by atoms with Crippen molar-refractivity contribution in [1.29, 1.82) is 0 Å². The number of fused-ring (bicyclic) bond motifs is 1. The van der Waals surface area contributed by atoms with E-state index in [9.17, 15) is 14.0 Å². The first kappa shape index (κ1) is 17.7. The average molecular weight is 368 g/mol. The monoisotopic (exact) mass is 368 g/mol. The van der Waals surface area contributed by atoms with Crippen molar-refractivity contribution in [3.05, 3.63) is 59.4 Å². The number of anilines is 2. The van der Waals surface area contributed by atoms with Crippen LogP contribution in [0.25, 0.3) is 0 Å². The number of nitrogens with one attached hydrogen (secondary N) is 1. The molecule has 1 fully saturated rings. The molecule has 1 unspecified atom stereocenters. The zero-order chi connectivity index (χ0) is 18.8. The standard InChI is InChI=1S/C21H21FN2O3/c22-16-8-9-18-14(12-16)5-2-10-24(18)21(26)15-4-1-6-17(13-15)23-20(25)19-7-3-11-27-19/h1,4,6,8-9,12-13,19H,2-3,5,7,10-11H2,(H,23,25). The predicted octanol–water partition coefficient (Wildman–Crippen LogP) is 3.54. The summed E-state index contributed by atoms with van der Waals surface area (Å²) in [6, 6.07) is 11.4. The zero-order valence-electron chi connectivity index (χ0n) is 14.9. The van der Waals surface area contributed by atoms with Crippen LogP contribution in [0.15, 0.2) is 42.5 Å². The Morgan fingerprint density at radius 3 is 2.85 bits per heavy atom. The molecule has 2 aromatic rings. The van der Waals surface area contributed by atoms with Crippen LogP contribution in [0.3, 0.4) is 0 Å². The van der Waals surface area contributed by atoms with Crippen LogP contribution < -0.4 is 10.2 Å². The molecule has 1 N–H and O–H groups in total. The van der Waals surface area contributed by atoms with Crippen molar-refractivity contribution < 1.29 is 18.7 Å². The van der Waals surface area contributed by atoms with E-state index in [0.717, 1.165) is 30.5 Å². The minimum absolute atomic E-state index is 0.157. The van der Waals surface area contributed by atoms with Gasteiger partial charge in [-0.2, -0.15) is 0 Å². The molecule has 140 valence electrons. The number of benzene rings is 2. The van der Waals surface area contributed by atoms with Crippen molar-refractivity contribution in [2.45, 2.75) is 31.8 Å². The molecule has 0 aliphatic carbocycles. The Bertz CT molecular complexity index is 877. The fourth-order valence-corrected chi connectivity index (χ4v) is 3.67. The number of amides is 2. The minimum atomic E-state index is -0.423. The van der Waals surface area contributed by atoms with E-state index < -0.39 is 6.10 Å². The van der Waals surface area contributed by atoms with Gasteiger partial charge in [0.15, 0.2) is 0 Å². The smallest absolute Gasteiger partial charge is 0.258 e. The van der Waals surface area contributed by atoms with Crippen LogP contribution in [0, 0.1) is 5.82 Å². The zero-order valence-corrected chi connectivity index (χ0v) is 14.9. The molecule has 0 radical (unpaired) electrons. The number of carbonyl (C=O) groups excluding carboxylic acids is 2. The maximum Gasteiger partial charge on any atom is 0.258 e. The molecule has 6 heteroatoms. The van der Waals surface area contributed by atoms with Crippen LogP contribution in [-0.4, -0.2) is 31.1 Å². The summed E-state index contributed by atoms with van der Waals surface area (Å²) in [4.78, 5) is 26.9. The van der Waals surface area contributed by atoms with Gasteiger partial charge in [-0.05, 0) is 67.6 Å². The molecule has 2 heterocycles. The Morgan fingerprint density at radius 1 is 1.15 bits per heavy atom. The van der Waals surface area contributed by atoms with Crippen LogP contribution in [0.2, 0.25) is 0 Å². The number of rotatable bonds is 3. The Hall–Kier alpha value is -2.73. The first-order valence-corrected chi connectivity index (χ1v) is 9.24. The van der Waals surface area contributed by atoms with Gasteiger partial charge < -0.3 is 15.0 Å². The molecule has 2 aromatic carbocycles. The van der Waals surface area contributed by atoms with Gasteiger partial charge in [0.25, 0.3) is 11.8 Å². The molecule has 27 heavy (non-hydrogen) atoms. The van der Waals surface area contributed by atoms with Gasteiger partial charge >= 0.3 is 0 Å². The molecule has 4 rings (SSSR count). The summed E-state index contributed by atoms with van der Waals surface area (Å²) in [7, 11) is 0. The first-order valence-electron chi connectivity index (χ1n) is 9.24. The highest BCUT2D eigenvalue weighted by atomic mass is 19.1. The fraction of sp³-hybridized carbons (Fsp3) is 0.333. The van der Waals surface area contributed by atoms with E-state index >= 15 is 0 Å². The maximum absolute atomic E-state index is 13.5. The maximum atomic E-state index is 13.5. The summed E-state index contributed by atoms with van der Waals surface area (Å²) >= 11 is 0. The SMILES string of the molecule is O=C(Nc1cccc(C(=O)N2CCCc3cc(F)ccc32)c1)C1CCCO1. The molecule has 2 aliphatic heterocycles. The molecule has 2 aliphatic rings. The van der Waals surface area contributed by atoms with Crippen LogP contribution in [0.5, 0.6) is 0 Å². The highest BCUT2D eigenvalue weighted by Crippen LogP contribution is 2.29. The lowest BCUT2D eigenvalue weighted by Crippen LogP contribution is -2.35. The van der Waals surface area contributed by atoms with Gasteiger partial charge in [-0.1, -0.05) is 6.07 Å². The molecule has 0 spiro atoms. The van der Waals surface area contributed by atoms with Gasteiger partial charge in [0.05, 0.1) is 0 Å². The summed E-state index contributed by atoms with van der Waals surface area (Å²) in [6.45, 7) is 1.19. The van der Waals surface area contributed by atoms with Crippen molar-refractivity contribution in [3.63, 3.8) is 0 Å². The van der Waals surface area contributed by atoms with Gasteiger partial charge in [-0.3, -0.25) is 9.59 Å². The van der Waals surface area contributed by atoms with E-state index in [-0.39, 0.29) is 17.6 Å². The highest BCUT2D eigenvalue weighted by Gasteiger charge is 2.26. The second-order valence-corrected chi connectivity index (χ2v) is 6.91. The van der Waals surface area contributed by atoms with Crippen LogP contribution in [0.4, 0.5) is 15.8 Å². The lowest BCUT2D eigenvalue weighted by atomic mass is 10.0. The molecule has 0 saturated carbocycles. The van der Waals surface area contributed by atoms with Crippen LogP contribution in [-0.2, 0) is 16.0 Å². The van der Waals surface area contributed by atoms with Crippen molar-refractivity contribution in [3.8, 4) is 0 Å². The average Bonchev–Trinajstić information content (AvgIpc) is 3.22. The predicted molar refractivity (Wildman–Crippen MR) is 100 cm³/mol. The number of aryl methyl sites for hydroxylation is 1. The van der Waals surface area contributed by atoms with Crippen molar-refractivity contribution in [2.24, 2.45) is 0 Å². The minimum Gasteiger partial charge on any atom is -0.368 e. The largest absolute Gasteiger partial charge is 0.368 e. The first-order chi connectivity index (χ1) is 13.1. The van der Waals surface area contributed by atoms with E-state index in [0.29, 0.717) is 30.8 Å². The van der Waals surface area contributed by atoms with Gasteiger partial charge in [0, 0.05) is 30.1 Å². The molecular weight excluding hydrogens is 347 g/mol. The number of hydrogen-bond acceptors (Lipinski definition) is 3. The Kier molecular flexibility index (Phi) is 4.90. The number of carbonyl (C=O) groups is 2. The summed E-state index contributed by atoms with van der Waals surface area (Å²) in [5, 5.41) is 2.82. The summed E-state index contributed by atoms with van der Waals surface area (Å²) in [6.07, 6.45) is 2.72. The van der Waals surface area contributed by atoms with Crippen LogP contribution >= 0.6 is 0 Å². The molecule has 0 bridgehead atoms.